The number of carbonyl (C=O) groups is 2. The number of methoxy groups -OCH3 is 1. The molecule has 1 heterocycles. The molecule has 2 rings (SSSR count). The molecule has 1 aromatic rings. The molecule has 0 unspecified atom stereocenters. The Morgan fingerprint density at radius 3 is 2.43 bits per heavy atom. The Balaban J connectivity index is 2.29. The molecule has 1 fully saturated rings. The second-order valence-electron chi connectivity index (χ2n) is 5.35. The fraction of sp³-hybridized carbons (Fsp3) is 0.312. The summed E-state index contributed by atoms with van der Waals surface area (Å²) in [6, 6.07) is 6.27. The highest BCUT2D eigenvalue weighted by Crippen LogP contribution is 2.35. The normalized spacial score (nSPS) is 17.9. The zero-order chi connectivity index (χ0) is 17.1. The molecule has 23 heavy (non-hydrogen) atoms. The van der Waals surface area contributed by atoms with E-state index in [2.05, 4.69) is 0 Å². The van der Waals surface area contributed by atoms with E-state index in [0.29, 0.717) is 4.91 Å². The van der Waals surface area contributed by atoms with Gasteiger partial charge in [-0.05, 0) is 29.7 Å². The van der Waals surface area contributed by atoms with Crippen LogP contribution in [0.25, 0.3) is 6.08 Å². The third kappa shape index (κ3) is 3.73. The van der Waals surface area contributed by atoms with E-state index in [9.17, 15) is 14.7 Å². The van der Waals surface area contributed by atoms with Crippen molar-refractivity contribution in [1.29, 1.82) is 0 Å². The number of thiocarbonyl (C=S) groups is 1. The molecule has 1 aromatic carbocycles. The van der Waals surface area contributed by atoms with E-state index >= 15 is 0 Å². The monoisotopic (exact) mass is 351 g/mol. The van der Waals surface area contributed by atoms with Crippen molar-refractivity contribution in [2.24, 2.45) is 5.92 Å². The second-order valence-corrected chi connectivity index (χ2v) is 7.03. The van der Waals surface area contributed by atoms with Crippen LogP contribution in [-0.2, 0) is 9.59 Å². The summed E-state index contributed by atoms with van der Waals surface area (Å²) in [5, 5.41) is 9.38. The highest BCUT2D eigenvalue weighted by Gasteiger charge is 2.41. The van der Waals surface area contributed by atoms with Gasteiger partial charge in [0.1, 0.15) is 16.1 Å². The van der Waals surface area contributed by atoms with Crippen LogP contribution in [0.4, 0.5) is 0 Å². The standard InChI is InChI=1S/C16H17NO4S2/c1-9(2)13(15(19)20)17-14(18)12(23-16(17)22)8-10-4-6-11(21-3)7-5-10/h4-9,13H,1-3H3,(H,19,20)/b12-8+/t13-/m0/s1. The predicted molar refractivity (Wildman–Crippen MR) is 94.3 cm³/mol. The third-order valence-electron chi connectivity index (χ3n) is 3.40. The summed E-state index contributed by atoms with van der Waals surface area (Å²) in [4.78, 5) is 25.6. The molecule has 0 spiro atoms. The van der Waals surface area contributed by atoms with Gasteiger partial charge >= 0.3 is 5.97 Å². The van der Waals surface area contributed by atoms with E-state index in [-0.39, 0.29) is 16.1 Å². The molecule has 1 aliphatic rings. The van der Waals surface area contributed by atoms with Crippen molar-refractivity contribution in [3.63, 3.8) is 0 Å². The topological polar surface area (TPSA) is 66.8 Å². The Morgan fingerprint density at radius 2 is 1.96 bits per heavy atom. The van der Waals surface area contributed by atoms with Gasteiger partial charge in [0.15, 0.2) is 0 Å². The van der Waals surface area contributed by atoms with Crippen LogP contribution in [0.3, 0.4) is 0 Å². The van der Waals surface area contributed by atoms with Crippen molar-refractivity contribution in [2.75, 3.05) is 7.11 Å². The van der Waals surface area contributed by atoms with Crippen LogP contribution in [0.5, 0.6) is 5.75 Å². The first-order valence-corrected chi connectivity index (χ1v) is 8.21. The molecule has 1 amide bonds. The number of thioether (sulfide) groups is 1. The Hall–Kier alpha value is -1.86. The molecule has 1 N–H and O–H groups in total. The number of carboxylic acids is 1. The maximum Gasteiger partial charge on any atom is 0.327 e. The minimum Gasteiger partial charge on any atom is -0.497 e. The summed E-state index contributed by atoms with van der Waals surface area (Å²) >= 11 is 6.33. The maximum atomic E-state index is 12.6. The fourth-order valence-electron chi connectivity index (χ4n) is 2.26. The van der Waals surface area contributed by atoms with E-state index in [1.807, 2.05) is 12.1 Å². The van der Waals surface area contributed by atoms with Crippen LogP contribution in [0.2, 0.25) is 0 Å². The number of carbonyl (C=O) groups excluding carboxylic acids is 1. The molecule has 0 aromatic heterocycles. The van der Waals surface area contributed by atoms with E-state index < -0.39 is 12.0 Å². The number of nitrogens with zero attached hydrogens (tertiary/aromatic N) is 1. The molecule has 0 radical (unpaired) electrons. The van der Waals surface area contributed by atoms with Crippen molar-refractivity contribution >= 4 is 46.3 Å². The molecule has 0 aliphatic carbocycles. The molecule has 1 atom stereocenters. The first-order valence-electron chi connectivity index (χ1n) is 6.99. The largest absolute Gasteiger partial charge is 0.497 e. The number of rotatable bonds is 5. The summed E-state index contributed by atoms with van der Waals surface area (Å²) in [5.74, 6) is -0.935. The smallest absolute Gasteiger partial charge is 0.327 e. The summed E-state index contributed by atoms with van der Waals surface area (Å²) in [5.41, 5.74) is 0.822. The van der Waals surface area contributed by atoms with Crippen molar-refractivity contribution in [1.82, 2.24) is 4.90 Å². The molecule has 1 aliphatic heterocycles. The highest BCUT2D eigenvalue weighted by molar-refractivity contribution is 8.26. The van der Waals surface area contributed by atoms with Crippen LogP contribution >= 0.6 is 24.0 Å². The molecule has 0 bridgehead atoms. The molecule has 0 saturated carbocycles. The van der Waals surface area contributed by atoms with Gasteiger partial charge in [0, 0.05) is 0 Å². The number of carboxylic acid groups (broad SMARTS) is 1. The number of aliphatic carboxylic acids is 1. The summed E-state index contributed by atoms with van der Waals surface area (Å²) in [6.07, 6.45) is 1.71. The Kier molecular flexibility index (Phi) is 5.43. The number of hydrogen-bond acceptors (Lipinski definition) is 5. The number of amides is 1. The lowest BCUT2D eigenvalue weighted by molar-refractivity contribution is -0.146. The maximum absolute atomic E-state index is 12.6. The molecular formula is C16H17NO4S2. The van der Waals surface area contributed by atoms with Gasteiger partial charge in [-0.3, -0.25) is 9.69 Å². The molecule has 5 nitrogen and oxygen atoms in total. The van der Waals surface area contributed by atoms with E-state index in [4.69, 9.17) is 17.0 Å². The number of hydrogen-bond donors (Lipinski definition) is 1. The van der Waals surface area contributed by atoms with Gasteiger partial charge in [-0.25, -0.2) is 4.79 Å². The summed E-state index contributed by atoms with van der Waals surface area (Å²) in [6.45, 7) is 3.51. The quantitative estimate of drug-likeness (QED) is 0.650. The van der Waals surface area contributed by atoms with Gasteiger partial charge < -0.3 is 9.84 Å². The minimum absolute atomic E-state index is 0.240. The first kappa shape index (κ1) is 17.5. The van der Waals surface area contributed by atoms with Crippen LogP contribution in [0.1, 0.15) is 19.4 Å². The molecular weight excluding hydrogens is 334 g/mol. The van der Waals surface area contributed by atoms with Crippen molar-refractivity contribution in [3.05, 3.63) is 34.7 Å². The predicted octanol–water partition coefficient (Wildman–Crippen LogP) is 3.01. The number of ether oxygens (including phenoxy) is 1. The Morgan fingerprint density at radius 1 is 1.35 bits per heavy atom. The van der Waals surface area contributed by atoms with E-state index in [0.717, 1.165) is 23.1 Å². The zero-order valence-electron chi connectivity index (χ0n) is 13.0. The average Bonchev–Trinajstić information content (AvgIpc) is 2.75. The number of benzene rings is 1. The van der Waals surface area contributed by atoms with Crippen LogP contribution in [-0.4, -0.2) is 39.4 Å². The Bertz CT molecular complexity index is 667. The lowest BCUT2D eigenvalue weighted by Gasteiger charge is -2.26. The SMILES string of the molecule is COc1ccc(/C=C2/SC(=S)N([C@H](C(=O)O)C(C)C)C2=O)cc1. The molecule has 1 saturated heterocycles. The first-order chi connectivity index (χ1) is 10.8. The second kappa shape index (κ2) is 7.14. The van der Waals surface area contributed by atoms with Crippen LogP contribution < -0.4 is 4.74 Å². The average molecular weight is 351 g/mol. The fourth-order valence-corrected chi connectivity index (χ4v) is 3.59. The van der Waals surface area contributed by atoms with Gasteiger partial charge in [-0.15, -0.1) is 0 Å². The minimum atomic E-state index is -1.05. The van der Waals surface area contributed by atoms with Gasteiger partial charge in [0.25, 0.3) is 5.91 Å². The van der Waals surface area contributed by atoms with Crippen LogP contribution in [0, 0.1) is 5.92 Å². The lowest BCUT2D eigenvalue weighted by atomic mass is 10.0. The van der Waals surface area contributed by atoms with E-state index in [1.165, 1.54) is 4.90 Å². The highest BCUT2D eigenvalue weighted by atomic mass is 32.2. The van der Waals surface area contributed by atoms with Gasteiger partial charge in [0.05, 0.1) is 12.0 Å². The van der Waals surface area contributed by atoms with Gasteiger partial charge in [0.2, 0.25) is 0 Å². The lowest BCUT2D eigenvalue weighted by Crippen LogP contribution is -2.47. The Labute approximate surface area is 144 Å². The molecule has 7 heteroatoms. The van der Waals surface area contributed by atoms with E-state index in [1.54, 1.807) is 39.2 Å². The van der Waals surface area contributed by atoms with Gasteiger partial charge in [-0.1, -0.05) is 50.0 Å². The third-order valence-corrected chi connectivity index (χ3v) is 4.73. The van der Waals surface area contributed by atoms with Crippen molar-refractivity contribution < 1.29 is 19.4 Å². The molecule has 122 valence electrons. The van der Waals surface area contributed by atoms with Gasteiger partial charge in [-0.2, -0.15) is 0 Å². The van der Waals surface area contributed by atoms with Crippen molar-refractivity contribution in [2.45, 2.75) is 19.9 Å². The summed E-state index contributed by atoms with van der Waals surface area (Å²) < 4.78 is 5.37. The van der Waals surface area contributed by atoms with Crippen LogP contribution in [0.15, 0.2) is 29.2 Å². The van der Waals surface area contributed by atoms with Crippen molar-refractivity contribution in [3.8, 4) is 5.75 Å². The zero-order valence-corrected chi connectivity index (χ0v) is 14.6. The summed E-state index contributed by atoms with van der Waals surface area (Å²) in [7, 11) is 1.58.